The van der Waals surface area contributed by atoms with Crippen LogP contribution in [0.4, 0.5) is 4.79 Å². The van der Waals surface area contributed by atoms with Crippen molar-refractivity contribution in [1.29, 1.82) is 0 Å². The number of alkyl carbamates (subject to hydrolysis) is 1. The molecule has 2 fully saturated rings. The number of nitrogens with zero attached hydrogens (tertiary/aromatic N) is 1. The molecule has 0 radical (unpaired) electrons. The number of hydrogen-bond donors (Lipinski definition) is 2. The van der Waals surface area contributed by atoms with Crippen LogP contribution in [0, 0.1) is 11.8 Å². The van der Waals surface area contributed by atoms with Gasteiger partial charge in [0.05, 0.1) is 5.92 Å². The van der Waals surface area contributed by atoms with E-state index in [2.05, 4.69) is 29.6 Å². The van der Waals surface area contributed by atoms with Crippen molar-refractivity contribution in [2.75, 3.05) is 6.61 Å². The highest BCUT2D eigenvalue weighted by Gasteiger charge is 2.52. The maximum atomic E-state index is 13.4. The molecule has 0 saturated carbocycles. The molecule has 2 bridgehead atoms. The molecule has 7 nitrogen and oxygen atoms in total. The van der Waals surface area contributed by atoms with Gasteiger partial charge in [-0.25, -0.2) is 4.79 Å². The van der Waals surface area contributed by atoms with Gasteiger partial charge in [-0.1, -0.05) is 62.4 Å². The van der Waals surface area contributed by atoms with E-state index in [1.54, 1.807) is 4.90 Å². The van der Waals surface area contributed by atoms with Gasteiger partial charge in [0.25, 0.3) is 0 Å². The number of carbonyl (C=O) groups excluding carboxylic acids is 2. The monoisotopic (exact) mass is 462 g/mol. The minimum atomic E-state index is -0.851. The lowest BCUT2D eigenvalue weighted by Gasteiger charge is -2.30. The molecule has 2 N–H and O–H groups in total. The Hall–Kier alpha value is -3.35. The second-order valence-electron chi connectivity index (χ2n) is 9.92. The van der Waals surface area contributed by atoms with E-state index in [1.807, 2.05) is 38.1 Å². The van der Waals surface area contributed by atoms with Crippen molar-refractivity contribution in [2.45, 2.75) is 57.2 Å². The fourth-order valence-corrected chi connectivity index (χ4v) is 6.04. The van der Waals surface area contributed by atoms with Crippen molar-refractivity contribution in [1.82, 2.24) is 10.2 Å². The number of benzene rings is 2. The maximum absolute atomic E-state index is 13.4. The number of carbonyl (C=O) groups is 3. The summed E-state index contributed by atoms with van der Waals surface area (Å²) in [5, 5.41) is 12.3. The van der Waals surface area contributed by atoms with Crippen molar-refractivity contribution in [3.63, 3.8) is 0 Å². The summed E-state index contributed by atoms with van der Waals surface area (Å²) in [6, 6.07) is 15.1. The van der Waals surface area contributed by atoms with E-state index in [4.69, 9.17) is 4.74 Å². The van der Waals surface area contributed by atoms with Gasteiger partial charge in [-0.15, -0.1) is 0 Å². The number of nitrogens with one attached hydrogen (secondary N) is 1. The summed E-state index contributed by atoms with van der Waals surface area (Å²) in [7, 11) is 0. The van der Waals surface area contributed by atoms with Gasteiger partial charge in [-0.2, -0.15) is 0 Å². The average molecular weight is 463 g/mol. The van der Waals surface area contributed by atoms with E-state index < -0.39 is 24.0 Å². The van der Waals surface area contributed by atoms with E-state index >= 15 is 0 Å². The largest absolute Gasteiger partial charge is 0.481 e. The fourth-order valence-electron chi connectivity index (χ4n) is 6.04. The van der Waals surface area contributed by atoms with Crippen molar-refractivity contribution in [3.05, 3.63) is 59.7 Å². The summed E-state index contributed by atoms with van der Waals surface area (Å²) in [4.78, 5) is 39.5. The Balaban J connectivity index is 1.27. The Morgan fingerprint density at radius 1 is 1.03 bits per heavy atom. The van der Waals surface area contributed by atoms with Crippen LogP contribution in [0.25, 0.3) is 11.1 Å². The Morgan fingerprint density at radius 2 is 1.65 bits per heavy atom. The highest BCUT2D eigenvalue weighted by atomic mass is 16.5. The predicted octanol–water partition coefficient (Wildman–Crippen LogP) is 4.01. The summed E-state index contributed by atoms with van der Waals surface area (Å²) in [5.74, 6) is -1.80. The third-order valence-electron chi connectivity index (χ3n) is 7.66. The molecular formula is C27H30N2O5. The van der Waals surface area contributed by atoms with Crippen LogP contribution in [0.2, 0.25) is 0 Å². The summed E-state index contributed by atoms with van der Waals surface area (Å²) < 4.78 is 5.65. The molecule has 4 atom stereocenters. The minimum Gasteiger partial charge on any atom is -0.481 e. The van der Waals surface area contributed by atoms with Gasteiger partial charge in [-0.3, -0.25) is 9.59 Å². The molecule has 2 aromatic rings. The molecule has 7 heteroatoms. The van der Waals surface area contributed by atoms with Crippen molar-refractivity contribution in [3.8, 4) is 11.1 Å². The summed E-state index contributed by atoms with van der Waals surface area (Å²) in [5.41, 5.74) is 4.56. The van der Waals surface area contributed by atoms with Crippen LogP contribution in [0.3, 0.4) is 0 Å². The molecule has 2 heterocycles. The molecule has 1 aliphatic carbocycles. The smallest absolute Gasteiger partial charge is 0.407 e. The first kappa shape index (κ1) is 22.4. The number of rotatable bonds is 6. The van der Waals surface area contributed by atoms with Crippen molar-refractivity contribution >= 4 is 18.0 Å². The van der Waals surface area contributed by atoms with E-state index in [9.17, 15) is 19.5 Å². The van der Waals surface area contributed by atoms with Crippen LogP contribution in [-0.4, -0.2) is 52.7 Å². The van der Waals surface area contributed by atoms with Crippen LogP contribution in [0.5, 0.6) is 0 Å². The van der Waals surface area contributed by atoms with Crippen molar-refractivity contribution in [2.24, 2.45) is 11.8 Å². The first-order valence-electron chi connectivity index (χ1n) is 12.0. The van der Waals surface area contributed by atoms with Crippen LogP contribution in [0.1, 0.15) is 50.2 Å². The van der Waals surface area contributed by atoms with Gasteiger partial charge < -0.3 is 20.1 Å². The average Bonchev–Trinajstić information content (AvgIpc) is 3.50. The Morgan fingerprint density at radius 3 is 2.21 bits per heavy atom. The highest BCUT2D eigenvalue weighted by Crippen LogP contribution is 2.45. The third kappa shape index (κ3) is 3.73. The number of amides is 2. The van der Waals surface area contributed by atoms with Crippen LogP contribution in [-0.2, 0) is 14.3 Å². The highest BCUT2D eigenvalue weighted by molar-refractivity contribution is 5.88. The minimum absolute atomic E-state index is 0.0582. The second kappa shape index (κ2) is 8.78. The molecule has 2 saturated heterocycles. The first-order valence-corrected chi connectivity index (χ1v) is 12.0. The molecule has 0 spiro atoms. The third-order valence-corrected chi connectivity index (χ3v) is 7.66. The molecule has 5 rings (SSSR count). The molecule has 0 aromatic heterocycles. The van der Waals surface area contributed by atoms with E-state index in [0.717, 1.165) is 28.7 Å². The van der Waals surface area contributed by atoms with Gasteiger partial charge in [0, 0.05) is 18.0 Å². The quantitative estimate of drug-likeness (QED) is 0.676. The molecule has 3 aliphatic rings. The van der Waals surface area contributed by atoms with Gasteiger partial charge in [0.1, 0.15) is 12.6 Å². The summed E-state index contributed by atoms with van der Waals surface area (Å²) in [6.07, 6.45) is 1.37. The normalized spacial score (nSPS) is 23.5. The lowest BCUT2D eigenvalue weighted by atomic mass is 9.89. The molecule has 2 aromatic carbocycles. The lowest BCUT2D eigenvalue weighted by molar-refractivity contribution is -0.143. The number of carboxylic acids is 1. The number of aliphatic carboxylic acids is 1. The molecule has 34 heavy (non-hydrogen) atoms. The summed E-state index contributed by atoms with van der Waals surface area (Å²) in [6.45, 7) is 3.92. The first-order chi connectivity index (χ1) is 16.4. The van der Waals surface area contributed by atoms with Crippen molar-refractivity contribution < 1.29 is 24.2 Å². The zero-order valence-electron chi connectivity index (χ0n) is 19.4. The number of ether oxygens (including phenoxy) is 1. The van der Waals surface area contributed by atoms with Crippen LogP contribution >= 0.6 is 0 Å². The van der Waals surface area contributed by atoms with Crippen LogP contribution < -0.4 is 5.32 Å². The molecule has 178 valence electrons. The summed E-state index contributed by atoms with van der Waals surface area (Å²) >= 11 is 0. The Kier molecular flexibility index (Phi) is 5.80. The number of fused-ring (bicyclic) bond motifs is 5. The lowest BCUT2D eigenvalue weighted by Crippen LogP contribution is -2.53. The Bertz CT molecular complexity index is 1080. The topological polar surface area (TPSA) is 95.9 Å². The molecular weight excluding hydrogens is 432 g/mol. The van der Waals surface area contributed by atoms with Gasteiger partial charge in [0.2, 0.25) is 5.91 Å². The molecule has 2 aliphatic heterocycles. The number of carboxylic acid groups (broad SMARTS) is 1. The maximum Gasteiger partial charge on any atom is 0.407 e. The Labute approximate surface area is 199 Å². The number of hydrogen-bond acceptors (Lipinski definition) is 4. The van der Waals surface area contributed by atoms with Gasteiger partial charge in [-0.05, 0) is 47.4 Å². The standard InChI is InChI=1S/C27H30N2O5/c1-15(2)24(25(30)29-16-11-12-23(29)21(13-16)26(31)32)28-27(33)34-14-22-19-9-5-3-7-17(19)18-8-4-6-10-20(18)22/h3-10,15-16,21-24H,11-14H2,1-2H3,(H,28,33)(H,31,32)/t16?,21?,23?,24-/m0/s1. The van der Waals surface area contributed by atoms with E-state index in [-0.39, 0.29) is 36.4 Å². The SMILES string of the molecule is CC(C)[C@H](NC(=O)OCC1c2ccccc2-c2ccccc21)C(=O)N1C2CCC1C(C(=O)O)C2. The fraction of sp³-hybridized carbons (Fsp3) is 0.444. The second-order valence-corrected chi connectivity index (χ2v) is 9.92. The van der Waals surface area contributed by atoms with Gasteiger partial charge in [0.15, 0.2) is 0 Å². The molecule has 3 unspecified atom stereocenters. The van der Waals surface area contributed by atoms with E-state index in [0.29, 0.717) is 12.8 Å². The van der Waals surface area contributed by atoms with Gasteiger partial charge >= 0.3 is 12.1 Å². The predicted molar refractivity (Wildman–Crippen MR) is 126 cm³/mol. The zero-order valence-corrected chi connectivity index (χ0v) is 19.4. The van der Waals surface area contributed by atoms with E-state index in [1.165, 1.54) is 0 Å². The molecule has 2 amide bonds. The zero-order chi connectivity index (χ0) is 24.0. The van der Waals surface area contributed by atoms with Crippen LogP contribution in [0.15, 0.2) is 48.5 Å².